The highest BCUT2D eigenvalue weighted by atomic mass is 32.1. The van der Waals surface area contributed by atoms with Crippen molar-refractivity contribution in [2.24, 2.45) is 0 Å². The van der Waals surface area contributed by atoms with E-state index in [-0.39, 0.29) is 24.0 Å². The van der Waals surface area contributed by atoms with Gasteiger partial charge in [0.25, 0.3) is 0 Å². The molecule has 1 atom stereocenters. The van der Waals surface area contributed by atoms with Crippen LogP contribution in [0.1, 0.15) is 50.8 Å². The lowest BCUT2D eigenvalue weighted by Crippen LogP contribution is -2.51. The summed E-state index contributed by atoms with van der Waals surface area (Å²) >= 11 is 1.68. The number of thiophene rings is 1. The zero-order valence-electron chi connectivity index (χ0n) is 14.0. The third-order valence-corrected chi connectivity index (χ3v) is 5.31. The fourth-order valence-corrected chi connectivity index (χ4v) is 3.71. The molecule has 0 spiro atoms. The number of imide groups is 1. The van der Waals surface area contributed by atoms with Gasteiger partial charge in [-0.25, -0.2) is 4.79 Å². The van der Waals surface area contributed by atoms with Crippen molar-refractivity contribution in [2.45, 2.75) is 64.6 Å². The largest absolute Gasteiger partial charge is 0.335 e. The molecule has 2 rings (SSSR count). The molecule has 2 N–H and O–H groups in total. The number of amides is 3. The van der Waals surface area contributed by atoms with Crippen LogP contribution in [0.15, 0.2) is 17.5 Å². The van der Waals surface area contributed by atoms with Gasteiger partial charge in [-0.1, -0.05) is 32.3 Å². The molecule has 0 unspecified atom stereocenters. The first-order valence-corrected chi connectivity index (χ1v) is 9.36. The maximum absolute atomic E-state index is 12.3. The van der Waals surface area contributed by atoms with E-state index in [2.05, 4.69) is 21.6 Å². The van der Waals surface area contributed by atoms with Crippen molar-refractivity contribution in [3.8, 4) is 0 Å². The van der Waals surface area contributed by atoms with Gasteiger partial charge in [0, 0.05) is 17.5 Å². The Morgan fingerprint density at radius 3 is 2.70 bits per heavy atom. The average Bonchev–Trinajstić information content (AvgIpc) is 3.05. The van der Waals surface area contributed by atoms with E-state index in [1.807, 2.05) is 25.3 Å². The molecule has 1 aliphatic carbocycles. The van der Waals surface area contributed by atoms with Gasteiger partial charge in [0.05, 0.1) is 6.04 Å². The van der Waals surface area contributed by atoms with E-state index in [0.29, 0.717) is 0 Å². The number of likely N-dealkylation sites (N-methyl/N-ethyl adjacent to an activating group) is 1. The van der Waals surface area contributed by atoms with E-state index in [9.17, 15) is 9.59 Å². The number of nitrogens with zero attached hydrogens (tertiary/aromatic N) is 1. The highest BCUT2D eigenvalue weighted by molar-refractivity contribution is 7.09. The van der Waals surface area contributed by atoms with E-state index < -0.39 is 0 Å². The number of carbonyl (C=O) groups excluding carboxylic acids is 2. The zero-order valence-corrected chi connectivity index (χ0v) is 14.8. The SMILES string of the molecule is CCN(Cc1cccs1)[C@H](C)C(=O)NC(=O)NC1CCCCC1. The smallest absolute Gasteiger partial charge is 0.321 e. The number of rotatable bonds is 6. The minimum absolute atomic E-state index is 0.209. The quantitative estimate of drug-likeness (QED) is 0.838. The first-order chi connectivity index (χ1) is 11.1. The molecule has 1 saturated carbocycles. The van der Waals surface area contributed by atoms with Crippen LogP contribution < -0.4 is 10.6 Å². The van der Waals surface area contributed by atoms with Gasteiger partial charge in [0.1, 0.15) is 0 Å². The molecule has 1 aromatic heterocycles. The Bertz CT molecular complexity index is 498. The lowest BCUT2D eigenvalue weighted by molar-refractivity contribution is -0.124. The number of hydrogen-bond acceptors (Lipinski definition) is 4. The molecule has 0 aliphatic heterocycles. The van der Waals surface area contributed by atoms with Crippen molar-refractivity contribution >= 4 is 23.3 Å². The maximum Gasteiger partial charge on any atom is 0.321 e. The second-order valence-corrected chi connectivity index (χ2v) is 7.15. The van der Waals surface area contributed by atoms with Gasteiger partial charge in [-0.3, -0.25) is 15.0 Å². The van der Waals surface area contributed by atoms with Crippen LogP contribution in [-0.2, 0) is 11.3 Å². The van der Waals surface area contributed by atoms with Crippen molar-refractivity contribution in [1.82, 2.24) is 15.5 Å². The van der Waals surface area contributed by atoms with Crippen molar-refractivity contribution in [2.75, 3.05) is 6.54 Å². The van der Waals surface area contributed by atoms with Crippen LogP contribution in [0.25, 0.3) is 0 Å². The average molecular weight is 337 g/mol. The van der Waals surface area contributed by atoms with Crippen LogP contribution in [0.4, 0.5) is 4.79 Å². The van der Waals surface area contributed by atoms with Gasteiger partial charge in [0.2, 0.25) is 5.91 Å². The summed E-state index contributed by atoms with van der Waals surface area (Å²) < 4.78 is 0. The Balaban J connectivity index is 1.81. The molecule has 0 bridgehead atoms. The van der Waals surface area contributed by atoms with Gasteiger partial charge < -0.3 is 5.32 Å². The number of carbonyl (C=O) groups is 2. The number of hydrogen-bond donors (Lipinski definition) is 2. The van der Waals surface area contributed by atoms with Crippen LogP contribution in [-0.4, -0.2) is 35.5 Å². The molecule has 128 valence electrons. The summed E-state index contributed by atoms with van der Waals surface area (Å²) in [6, 6.07) is 3.59. The summed E-state index contributed by atoms with van der Waals surface area (Å²) in [4.78, 5) is 27.6. The van der Waals surface area contributed by atoms with Crippen molar-refractivity contribution in [1.29, 1.82) is 0 Å². The maximum atomic E-state index is 12.3. The monoisotopic (exact) mass is 337 g/mol. The second kappa shape index (κ2) is 9.03. The molecule has 23 heavy (non-hydrogen) atoms. The van der Waals surface area contributed by atoms with Gasteiger partial charge in [-0.2, -0.15) is 0 Å². The number of urea groups is 1. The van der Waals surface area contributed by atoms with Crippen molar-refractivity contribution < 1.29 is 9.59 Å². The fraction of sp³-hybridized carbons (Fsp3) is 0.647. The van der Waals surface area contributed by atoms with Crippen LogP contribution in [0.2, 0.25) is 0 Å². The molecule has 5 nitrogen and oxygen atoms in total. The van der Waals surface area contributed by atoms with E-state index in [1.54, 1.807) is 11.3 Å². The van der Waals surface area contributed by atoms with Crippen LogP contribution in [0, 0.1) is 0 Å². The predicted molar refractivity (Wildman–Crippen MR) is 93.4 cm³/mol. The molecule has 3 amide bonds. The Morgan fingerprint density at radius 1 is 1.35 bits per heavy atom. The van der Waals surface area contributed by atoms with E-state index in [4.69, 9.17) is 0 Å². The molecule has 1 aliphatic rings. The normalized spacial score (nSPS) is 17.0. The molecule has 1 fully saturated rings. The number of nitrogens with one attached hydrogen (secondary N) is 2. The Morgan fingerprint density at radius 2 is 2.09 bits per heavy atom. The minimum Gasteiger partial charge on any atom is -0.335 e. The summed E-state index contributed by atoms with van der Waals surface area (Å²) in [5.74, 6) is -0.239. The third-order valence-electron chi connectivity index (χ3n) is 4.45. The highest BCUT2D eigenvalue weighted by Gasteiger charge is 2.23. The predicted octanol–water partition coefficient (Wildman–Crippen LogP) is 3.12. The second-order valence-electron chi connectivity index (χ2n) is 6.12. The molecule has 1 heterocycles. The summed E-state index contributed by atoms with van der Waals surface area (Å²) in [6.07, 6.45) is 5.57. The van der Waals surface area contributed by atoms with E-state index in [1.165, 1.54) is 11.3 Å². The van der Waals surface area contributed by atoms with Crippen LogP contribution >= 0.6 is 11.3 Å². The molecule has 6 heteroatoms. The Labute approximate surface area is 142 Å². The Kier molecular flexibility index (Phi) is 7.05. The van der Waals surface area contributed by atoms with Crippen molar-refractivity contribution in [3.63, 3.8) is 0 Å². The van der Waals surface area contributed by atoms with Gasteiger partial charge >= 0.3 is 6.03 Å². The van der Waals surface area contributed by atoms with E-state index >= 15 is 0 Å². The highest BCUT2D eigenvalue weighted by Crippen LogP contribution is 2.17. The van der Waals surface area contributed by atoms with E-state index in [0.717, 1.165) is 38.8 Å². The topological polar surface area (TPSA) is 61.4 Å². The fourth-order valence-electron chi connectivity index (χ4n) is 2.98. The molecular weight excluding hydrogens is 310 g/mol. The van der Waals surface area contributed by atoms with Gasteiger partial charge in [0.15, 0.2) is 0 Å². The standard InChI is InChI=1S/C17H27N3O2S/c1-3-20(12-15-10-7-11-23-15)13(2)16(21)19-17(22)18-14-8-5-4-6-9-14/h7,10-11,13-14H,3-6,8-9,12H2,1-2H3,(H2,18,19,21,22)/t13-/m1/s1. The third kappa shape index (κ3) is 5.62. The zero-order chi connectivity index (χ0) is 16.7. The lowest BCUT2D eigenvalue weighted by atomic mass is 9.96. The summed E-state index contributed by atoms with van der Waals surface area (Å²) in [7, 11) is 0. The Hall–Kier alpha value is -1.40. The lowest BCUT2D eigenvalue weighted by Gasteiger charge is -2.27. The molecule has 0 radical (unpaired) electrons. The first kappa shape index (κ1) is 17.9. The first-order valence-electron chi connectivity index (χ1n) is 8.48. The summed E-state index contributed by atoms with van der Waals surface area (Å²) in [5.41, 5.74) is 0. The van der Waals surface area contributed by atoms with Crippen LogP contribution in [0.5, 0.6) is 0 Å². The van der Waals surface area contributed by atoms with Crippen LogP contribution in [0.3, 0.4) is 0 Å². The molecule has 0 saturated heterocycles. The molecule has 1 aromatic rings. The van der Waals surface area contributed by atoms with Gasteiger partial charge in [-0.15, -0.1) is 11.3 Å². The molecular formula is C17H27N3O2S. The molecule has 0 aromatic carbocycles. The summed E-state index contributed by atoms with van der Waals surface area (Å²) in [6.45, 7) is 5.36. The van der Waals surface area contributed by atoms with Gasteiger partial charge in [-0.05, 0) is 37.8 Å². The van der Waals surface area contributed by atoms with Crippen molar-refractivity contribution in [3.05, 3.63) is 22.4 Å². The minimum atomic E-state index is -0.360. The summed E-state index contributed by atoms with van der Waals surface area (Å²) in [5, 5.41) is 7.45.